The molecule has 4 nitrogen and oxygen atoms in total. The molecule has 1 heterocycles. The third-order valence-corrected chi connectivity index (χ3v) is 3.77. The monoisotopic (exact) mass is 362 g/mol. The van der Waals surface area contributed by atoms with Crippen LogP contribution in [0.1, 0.15) is 5.56 Å². The summed E-state index contributed by atoms with van der Waals surface area (Å²) in [5.74, 6) is -0.268. The minimum absolute atomic E-state index is 0. The molecule has 0 unspecified atom stereocenters. The van der Waals surface area contributed by atoms with Crippen LogP contribution in [-0.4, -0.2) is 29.1 Å². The van der Waals surface area contributed by atoms with E-state index in [-0.39, 0.29) is 36.6 Å². The number of nitrogens with zero attached hydrogens (tertiary/aromatic N) is 1. The van der Waals surface area contributed by atoms with Crippen molar-refractivity contribution in [1.29, 1.82) is 0 Å². The second-order valence-corrected chi connectivity index (χ2v) is 5.59. The third kappa shape index (κ3) is 3.82. The highest BCUT2D eigenvalue weighted by Crippen LogP contribution is 2.32. The summed E-state index contributed by atoms with van der Waals surface area (Å²) in [6, 6.07) is 7.54. The first-order valence-corrected chi connectivity index (χ1v) is 6.94. The maximum absolute atomic E-state index is 11.9. The van der Waals surface area contributed by atoms with Gasteiger partial charge in [-0.25, -0.2) is 0 Å². The zero-order chi connectivity index (χ0) is 13.1. The summed E-state index contributed by atoms with van der Waals surface area (Å²) in [5.41, 5.74) is 6.25. The SMILES string of the molecule is Cl.NCCN1C(=O)S/C(=C/c2cccc(Br)c2)C1=O. The van der Waals surface area contributed by atoms with E-state index in [1.165, 1.54) is 4.90 Å². The number of carbonyl (C=O) groups is 2. The number of hydrogen-bond donors (Lipinski definition) is 1. The summed E-state index contributed by atoms with van der Waals surface area (Å²) in [6.45, 7) is 0.544. The first-order chi connectivity index (χ1) is 8.61. The Hall–Kier alpha value is -0.820. The zero-order valence-corrected chi connectivity index (χ0v) is 13.1. The lowest BCUT2D eigenvalue weighted by Crippen LogP contribution is -2.33. The number of amides is 2. The lowest BCUT2D eigenvalue weighted by Gasteiger charge is -2.09. The second-order valence-electron chi connectivity index (χ2n) is 3.68. The molecule has 0 saturated carbocycles. The normalized spacial score (nSPS) is 16.9. The molecule has 1 aromatic carbocycles. The number of thioether (sulfide) groups is 1. The Labute approximate surface area is 129 Å². The van der Waals surface area contributed by atoms with Crippen LogP contribution in [-0.2, 0) is 4.79 Å². The molecule has 102 valence electrons. The highest BCUT2D eigenvalue weighted by Gasteiger charge is 2.34. The van der Waals surface area contributed by atoms with Gasteiger partial charge in [-0.15, -0.1) is 12.4 Å². The van der Waals surface area contributed by atoms with Crippen molar-refractivity contribution < 1.29 is 9.59 Å². The van der Waals surface area contributed by atoms with Crippen molar-refractivity contribution in [2.45, 2.75) is 0 Å². The maximum Gasteiger partial charge on any atom is 0.293 e. The predicted molar refractivity (Wildman–Crippen MR) is 83.1 cm³/mol. The lowest BCUT2D eigenvalue weighted by molar-refractivity contribution is -0.122. The quantitative estimate of drug-likeness (QED) is 0.839. The molecule has 0 bridgehead atoms. The van der Waals surface area contributed by atoms with Crippen LogP contribution in [0, 0.1) is 0 Å². The van der Waals surface area contributed by atoms with Crippen molar-refractivity contribution >= 4 is 57.3 Å². The van der Waals surface area contributed by atoms with Crippen molar-refractivity contribution in [2.24, 2.45) is 5.73 Å². The molecule has 19 heavy (non-hydrogen) atoms. The van der Waals surface area contributed by atoms with Crippen LogP contribution in [0.15, 0.2) is 33.6 Å². The Morgan fingerprint density at radius 2 is 2.11 bits per heavy atom. The van der Waals surface area contributed by atoms with Crippen LogP contribution >= 0.6 is 40.1 Å². The number of benzene rings is 1. The number of nitrogens with two attached hydrogens (primary N) is 1. The minimum Gasteiger partial charge on any atom is -0.329 e. The van der Waals surface area contributed by atoms with Gasteiger partial charge < -0.3 is 5.73 Å². The minimum atomic E-state index is -0.268. The van der Waals surface area contributed by atoms with Gasteiger partial charge in [0, 0.05) is 17.6 Å². The van der Waals surface area contributed by atoms with Crippen LogP contribution in [0.2, 0.25) is 0 Å². The van der Waals surface area contributed by atoms with Crippen molar-refractivity contribution in [3.05, 3.63) is 39.2 Å². The maximum atomic E-state index is 11.9. The van der Waals surface area contributed by atoms with E-state index in [1.807, 2.05) is 24.3 Å². The van der Waals surface area contributed by atoms with Crippen molar-refractivity contribution in [2.75, 3.05) is 13.1 Å². The molecule has 2 amide bonds. The predicted octanol–water partition coefficient (Wildman–Crippen LogP) is 2.87. The Morgan fingerprint density at radius 1 is 1.37 bits per heavy atom. The summed E-state index contributed by atoms with van der Waals surface area (Å²) in [7, 11) is 0. The topological polar surface area (TPSA) is 63.4 Å². The Morgan fingerprint density at radius 3 is 2.74 bits per heavy atom. The Balaban J connectivity index is 0.00000180. The largest absolute Gasteiger partial charge is 0.329 e. The fourth-order valence-corrected chi connectivity index (χ4v) is 2.85. The first-order valence-electron chi connectivity index (χ1n) is 5.33. The molecule has 2 N–H and O–H groups in total. The highest BCUT2D eigenvalue weighted by molar-refractivity contribution is 9.10. The summed E-state index contributed by atoms with van der Waals surface area (Å²) in [4.78, 5) is 25.2. The van der Waals surface area contributed by atoms with E-state index >= 15 is 0 Å². The van der Waals surface area contributed by atoms with Gasteiger partial charge in [0.25, 0.3) is 11.1 Å². The third-order valence-electron chi connectivity index (χ3n) is 2.37. The van der Waals surface area contributed by atoms with E-state index in [0.29, 0.717) is 4.91 Å². The van der Waals surface area contributed by atoms with Gasteiger partial charge in [-0.2, -0.15) is 0 Å². The van der Waals surface area contributed by atoms with E-state index in [9.17, 15) is 9.59 Å². The summed E-state index contributed by atoms with van der Waals surface area (Å²) >= 11 is 4.31. The molecule has 1 aliphatic heterocycles. The van der Waals surface area contributed by atoms with Crippen LogP contribution in [0.4, 0.5) is 4.79 Å². The molecule has 1 saturated heterocycles. The van der Waals surface area contributed by atoms with Crippen molar-refractivity contribution in [3.63, 3.8) is 0 Å². The highest BCUT2D eigenvalue weighted by atomic mass is 79.9. The van der Waals surface area contributed by atoms with Gasteiger partial charge in [0.1, 0.15) is 0 Å². The molecule has 0 radical (unpaired) electrons. The van der Waals surface area contributed by atoms with Gasteiger partial charge in [0.05, 0.1) is 4.91 Å². The van der Waals surface area contributed by atoms with E-state index in [1.54, 1.807) is 6.08 Å². The van der Waals surface area contributed by atoms with Gasteiger partial charge in [0.15, 0.2) is 0 Å². The Kier molecular flexibility index (Phi) is 6.06. The van der Waals surface area contributed by atoms with Crippen LogP contribution in [0.25, 0.3) is 6.08 Å². The Bertz CT molecular complexity index is 536. The van der Waals surface area contributed by atoms with E-state index in [4.69, 9.17) is 5.73 Å². The molecule has 0 aliphatic carbocycles. The van der Waals surface area contributed by atoms with Gasteiger partial charge in [-0.3, -0.25) is 14.5 Å². The van der Waals surface area contributed by atoms with E-state index in [2.05, 4.69) is 15.9 Å². The summed E-state index contributed by atoms with van der Waals surface area (Å²) in [6.07, 6.45) is 1.71. The molecular weight excluding hydrogens is 352 g/mol. The van der Waals surface area contributed by atoms with Crippen LogP contribution < -0.4 is 5.73 Å². The molecule has 7 heteroatoms. The number of rotatable bonds is 3. The van der Waals surface area contributed by atoms with E-state index < -0.39 is 0 Å². The first kappa shape index (κ1) is 16.2. The van der Waals surface area contributed by atoms with Gasteiger partial charge in [-0.1, -0.05) is 28.1 Å². The smallest absolute Gasteiger partial charge is 0.293 e. The molecule has 1 fully saturated rings. The molecule has 0 aromatic heterocycles. The van der Waals surface area contributed by atoms with Crippen LogP contribution in [0.3, 0.4) is 0 Å². The number of halogens is 2. The standard InChI is InChI=1S/C12H11BrN2O2S.ClH/c13-9-3-1-2-8(6-9)7-10-11(16)15(5-4-14)12(17)18-10;/h1-3,6-7H,4-5,14H2;1H/b10-7+;. The van der Waals surface area contributed by atoms with Gasteiger partial charge in [-0.05, 0) is 35.5 Å². The van der Waals surface area contributed by atoms with Crippen molar-refractivity contribution in [3.8, 4) is 0 Å². The fourth-order valence-electron chi connectivity index (χ4n) is 1.57. The molecule has 0 atom stereocenters. The fraction of sp³-hybridized carbons (Fsp3) is 0.167. The average molecular weight is 364 g/mol. The lowest BCUT2D eigenvalue weighted by atomic mass is 10.2. The summed E-state index contributed by atoms with van der Waals surface area (Å²) in [5, 5.41) is -0.258. The summed E-state index contributed by atoms with van der Waals surface area (Å²) < 4.78 is 0.928. The van der Waals surface area contributed by atoms with Crippen molar-refractivity contribution in [1.82, 2.24) is 4.90 Å². The molecule has 2 rings (SSSR count). The average Bonchev–Trinajstić information content (AvgIpc) is 2.57. The number of imide groups is 1. The molecule has 0 spiro atoms. The molecule has 1 aromatic rings. The number of carbonyl (C=O) groups excluding carboxylic acids is 2. The van der Waals surface area contributed by atoms with E-state index in [0.717, 1.165) is 21.8 Å². The zero-order valence-electron chi connectivity index (χ0n) is 9.84. The molecular formula is C12H12BrClN2O2S. The van der Waals surface area contributed by atoms with Crippen LogP contribution in [0.5, 0.6) is 0 Å². The number of hydrogen-bond acceptors (Lipinski definition) is 4. The second kappa shape index (κ2) is 7.09. The van der Waals surface area contributed by atoms with Gasteiger partial charge in [0.2, 0.25) is 0 Å². The molecule has 1 aliphatic rings. The van der Waals surface area contributed by atoms with Gasteiger partial charge >= 0.3 is 0 Å².